The van der Waals surface area contributed by atoms with Gasteiger partial charge in [-0.25, -0.2) is 0 Å². The molecular formula is C8H20BrN. The van der Waals surface area contributed by atoms with Gasteiger partial charge in [-0.05, 0) is 18.9 Å². The third-order valence-electron chi connectivity index (χ3n) is 1.88. The monoisotopic (exact) mass is 209 g/mol. The van der Waals surface area contributed by atoms with Crippen molar-refractivity contribution in [2.75, 3.05) is 6.54 Å². The highest BCUT2D eigenvalue weighted by atomic mass is 79.9. The van der Waals surface area contributed by atoms with Gasteiger partial charge in [-0.2, -0.15) is 0 Å². The number of unbranched alkanes of at least 4 members (excludes halogenated alkanes) is 1. The first-order chi connectivity index (χ1) is 4.35. The lowest BCUT2D eigenvalue weighted by Crippen LogP contribution is -2.12. The number of rotatable bonds is 5. The van der Waals surface area contributed by atoms with E-state index in [0.29, 0.717) is 0 Å². The molecule has 2 heteroatoms. The molecular weight excluding hydrogens is 190 g/mol. The van der Waals surface area contributed by atoms with Gasteiger partial charge in [-0.3, -0.25) is 0 Å². The van der Waals surface area contributed by atoms with Crippen molar-refractivity contribution in [1.82, 2.24) is 0 Å². The van der Waals surface area contributed by atoms with Crippen molar-refractivity contribution in [2.45, 2.75) is 39.5 Å². The molecule has 0 aliphatic carbocycles. The van der Waals surface area contributed by atoms with Crippen LogP contribution in [0.4, 0.5) is 0 Å². The van der Waals surface area contributed by atoms with E-state index in [1.165, 1.54) is 25.7 Å². The first-order valence-corrected chi connectivity index (χ1v) is 4.05. The molecule has 0 heterocycles. The molecule has 2 N–H and O–H groups in total. The average molecular weight is 210 g/mol. The molecule has 1 atom stereocenters. The van der Waals surface area contributed by atoms with Crippen molar-refractivity contribution in [3.63, 3.8) is 0 Å². The molecule has 0 radical (unpaired) electrons. The normalized spacial score (nSPS) is 12.3. The molecule has 0 saturated heterocycles. The summed E-state index contributed by atoms with van der Waals surface area (Å²) < 4.78 is 0. The molecule has 0 spiro atoms. The highest BCUT2D eigenvalue weighted by Crippen LogP contribution is 2.09. The first-order valence-electron chi connectivity index (χ1n) is 4.05. The minimum atomic E-state index is 0. The van der Waals surface area contributed by atoms with Crippen LogP contribution in [0.5, 0.6) is 0 Å². The Kier molecular flexibility index (Phi) is 12.3. The second-order valence-electron chi connectivity index (χ2n) is 2.65. The molecule has 0 aliphatic rings. The summed E-state index contributed by atoms with van der Waals surface area (Å²) in [6.45, 7) is 5.31. The Morgan fingerprint density at radius 3 is 2.20 bits per heavy atom. The Labute approximate surface area is 75.1 Å². The lowest BCUT2D eigenvalue weighted by Gasteiger charge is -2.09. The topological polar surface area (TPSA) is 26.0 Å². The third kappa shape index (κ3) is 6.56. The maximum absolute atomic E-state index is 5.52. The molecule has 0 aromatic heterocycles. The van der Waals surface area contributed by atoms with Crippen LogP contribution in [0.15, 0.2) is 0 Å². The molecule has 0 rings (SSSR count). The summed E-state index contributed by atoms with van der Waals surface area (Å²) in [7, 11) is 0. The summed E-state index contributed by atoms with van der Waals surface area (Å²) in [6, 6.07) is 0. The van der Waals surface area contributed by atoms with Crippen LogP contribution in [0.25, 0.3) is 0 Å². The van der Waals surface area contributed by atoms with Crippen LogP contribution in [-0.4, -0.2) is 6.54 Å². The summed E-state index contributed by atoms with van der Waals surface area (Å²) in [5.74, 6) is 0.782. The van der Waals surface area contributed by atoms with Gasteiger partial charge in [0, 0.05) is 0 Å². The van der Waals surface area contributed by atoms with Gasteiger partial charge >= 0.3 is 0 Å². The summed E-state index contributed by atoms with van der Waals surface area (Å²) in [5, 5.41) is 0. The predicted octanol–water partition coefficient (Wildman–Crippen LogP) is 2.74. The molecule has 0 aromatic carbocycles. The van der Waals surface area contributed by atoms with Gasteiger partial charge in [0.1, 0.15) is 0 Å². The Morgan fingerprint density at radius 2 is 1.90 bits per heavy atom. The van der Waals surface area contributed by atoms with E-state index in [1.807, 2.05) is 0 Å². The molecule has 0 fully saturated rings. The number of halogens is 1. The molecule has 10 heavy (non-hydrogen) atoms. The fourth-order valence-corrected chi connectivity index (χ4v) is 0.981. The summed E-state index contributed by atoms with van der Waals surface area (Å²) in [4.78, 5) is 0. The van der Waals surface area contributed by atoms with Crippen molar-refractivity contribution in [3.8, 4) is 0 Å². The van der Waals surface area contributed by atoms with Crippen LogP contribution in [0.3, 0.4) is 0 Å². The van der Waals surface area contributed by atoms with Crippen LogP contribution in [0.1, 0.15) is 39.5 Å². The van der Waals surface area contributed by atoms with Crippen molar-refractivity contribution in [1.29, 1.82) is 0 Å². The second kappa shape index (κ2) is 9.44. The van der Waals surface area contributed by atoms with Gasteiger partial charge in [0.25, 0.3) is 0 Å². The van der Waals surface area contributed by atoms with E-state index in [1.54, 1.807) is 0 Å². The van der Waals surface area contributed by atoms with Gasteiger partial charge in [0.15, 0.2) is 0 Å². The molecule has 0 aromatic rings. The van der Waals surface area contributed by atoms with E-state index in [2.05, 4.69) is 13.8 Å². The highest BCUT2D eigenvalue weighted by Gasteiger charge is 2.00. The van der Waals surface area contributed by atoms with Crippen LogP contribution in [0.2, 0.25) is 0 Å². The molecule has 1 nitrogen and oxygen atoms in total. The van der Waals surface area contributed by atoms with Crippen molar-refractivity contribution >= 4 is 17.0 Å². The molecule has 1 unspecified atom stereocenters. The van der Waals surface area contributed by atoms with Crippen molar-refractivity contribution in [2.24, 2.45) is 11.7 Å². The lowest BCUT2D eigenvalue weighted by atomic mass is 10.00. The Morgan fingerprint density at radius 1 is 1.30 bits per heavy atom. The molecule has 0 amide bonds. The molecule has 64 valence electrons. The van der Waals surface area contributed by atoms with Crippen molar-refractivity contribution in [3.05, 3.63) is 0 Å². The summed E-state index contributed by atoms with van der Waals surface area (Å²) >= 11 is 0. The molecule has 0 saturated carbocycles. The van der Waals surface area contributed by atoms with E-state index >= 15 is 0 Å². The minimum Gasteiger partial charge on any atom is -0.330 e. The van der Waals surface area contributed by atoms with Gasteiger partial charge in [-0.15, -0.1) is 17.0 Å². The van der Waals surface area contributed by atoms with Crippen molar-refractivity contribution < 1.29 is 0 Å². The Hall–Kier alpha value is 0.440. The van der Waals surface area contributed by atoms with Crippen LogP contribution in [-0.2, 0) is 0 Å². The van der Waals surface area contributed by atoms with Gasteiger partial charge in [0.05, 0.1) is 0 Å². The Bertz CT molecular complexity index is 53.2. The van der Waals surface area contributed by atoms with E-state index in [9.17, 15) is 0 Å². The second-order valence-corrected chi connectivity index (χ2v) is 2.65. The average Bonchev–Trinajstić information content (AvgIpc) is 1.91. The fourth-order valence-electron chi connectivity index (χ4n) is 0.981. The van der Waals surface area contributed by atoms with Crippen LogP contribution >= 0.6 is 17.0 Å². The fraction of sp³-hybridized carbons (Fsp3) is 1.00. The SMILES string of the molecule is Br.CCCCC(CC)CN. The summed E-state index contributed by atoms with van der Waals surface area (Å²) in [6.07, 6.45) is 5.21. The van der Waals surface area contributed by atoms with Gasteiger partial charge in [0.2, 0.25) is 0 Å². The molecule has 0 aliphatic heterocycles. The smallest absolute Gasteiger partial charge is 0.00490 e. The predicted molar refractivity (Wildman–Crippen MR) is 52.7 cm³/mol. The first kappa shape index (κ1) is 13.1. The van der Waals surface area contributed by atoms with Crippen LogP contribution < -0.4 is 5.73 Å². The lowest BCUT2D eigenvalue weighted by molar-refractivity contribution is 0.461. The standard InChI is InChI=1S/C8H19N.BrH/c1-3-5-6-8(4-2)7-9;/h8H,3-7,9H2,1-2H3;1H. The molecule has 0 bridgehead atoms. The quantitative estimate of drug-likeness (QED) is 0.741. The van der Waals surface area contributed by atoms with Crippen LogP contribution in [0, 0.1) is 5.92 Å². The van der Waals surface area contributed by atoms with E-state index in [4.69, 9.17) is 5.73 Å². The van der Waals surface area contributed by atoms with E-state index in [-0.39, 0.29) is 17.0 Å². The third-order valence-corrected chi connectivity index (χ3v) is 1.88. The minimum absolute atomic E-state index is 0. The summed E-state index contributed by atoms with van der Waals surface area (Å²) in [5.41, 5.74) is 5.52. The Balaban J connectivity index is 0. The zero-order chi connectivity index (χ0) is 7.11. The number of nitrogens with two attached hydrogens (primary N) is 1. The number of hydrogen-bond acceptors (Lipinski definition) is 1. The maximum atomic E-state index is 5.52. The van der Waals surface area contributed by atoms with E-state index < -0.39 is 0 Å². The van der Waals surface area contributed by atoms with Gasteiger partial charge < -0.3 is 5.73 Å². The zero-order valence-corrected chi connectivity index (χ0v) is 8.81. The maximum Gasteiger partial charge on any atom is -0.00490 e. The highest BCUT2D eigenvalue weighted by molar-refractivity contribution is 8.93. The van der Waals surface area contributed by atoms with E-state index in [0.717, 1.165) is 12.5 Å². The largest absolute Gasteiger partial charge is 0.330 e. The van der Waals surface area contributed by atoms with Gasteiger partial charge in [-0.1, -0.05) is 33.1 Å². The zero-order valence-electron chi connectivity index (χ0n) is 7.10. The number of hydrogen-bond donors (Lipinski definition) is 1.